The molecule has 5 aliphatic carbocycles. The Kier molecular flexibility index (Phi) is 3.67. The van der Waals surface area contributed by atoms with Gasteiger partial charge in [0.05, 0.1) is 12.2 Å². The van der Waals surface area contributed by atoms with E-state index in [-0.39, 0.29) is 12.2 Å². The molecular weight excluding hydrogens is 296 g/mol. The minimum atomic E-state index is -0.0288. The molecule has 136 valence electrons. The smallest absolute Gasteiger partial charge is 0.0573 e. The maximum Gasteiger partial charge on any atom is 0.0573 e. The van der Waals surface area contributed by atoms with Crippen LogP contribution in [0.4, 0.5) is 0 Å². The van der Waals surface area contributed by atoms with Gasteiger partial charge in [-0.15, -0.1) is 0 Å². The maximum atomic E-state index is 10.6. The van der Waals surface area contributed by atoms with Crippen LogP contribution >= 0.6 is 0 Å². The summed E-state index contributed by atoms with van der Waals surface area (Å²) in [6.45, 7) is 2.58. The number of rotatable bonds is 0. The molecule has 0 amide bonds. The van der Waals surface area contributed by atoms with Gasteiger partial charge >= 0.3 is 0 Å². The molecule has 5 fully saturated rings. The van der Waals surface area contributed by atoms with E-state index in [9.17, 15) is 10.2 Å². The number of fused-ring (bicyclic) bond motifs is 4. The van der Waals surface area contributed by atoms with Crippen LogP contribution in [0.3, 0.4) is 0 Å². The Hall–Kier alpha value is -0.0800. The number of aliphatic hydroxyl groups is 2. The molecule has 0 bridgehead atoms. The van der Waals surface area contributed by atoms with Gasteiger partial charge < -0.3 is 10.2 Å². The lowest BCUT2D eigenvalue weighted by Gasteiger charge is -2.62. The largest absolute Gasteiger partial charge is 0.393 e. The van der Waals surface area contributed by atoms with Crippen molar-refractivity contribution in [2.45, 2.75) is 96.2 Å². The first-order valence-electron chi connectivity index (χ1n) is 10.9. The molecule has 0 aromatic rings. The van der Waals surface area contributed by atoms with Gasteiger partial charge in [-0.1, -0.05) is 13.3 Å². The minimum absolute atomic E-state index is 0.00273. The van der Waals surface area contributed by atoms with Crippen LogP contribution in [0.2, 0.25) is 0 Å². The van der Waals surface area contributed by atoms with Gasteiger partial charge in [-0.25, -0.2) is 0 Å². The Morgan fingerprint density at radius 1 is 0.750 bits per heavy atom. The van der Waals surface area contributed by atoms with Gasteiger partial charge in [0.2, 0.25) is 0 Å². The van der Waals surface area contributed by atoms with Crippen LogP contribution in [0.25, 0.3) is 0 Å². The molecule has 0 saturated heterocycles. The Labute approximate surface area is 147 Å². The maximum absolute atomic E-state index is 10.6. The fourth-order valence-electron chi connectivity index (χ4n) is 9.00. The summed E-state index contributed by atoms with van der Waals surface area (Å²) in [6.07, 6.45) is 15.3. The monoisotopic (exact) mass is 332 g/mol. The van der Waals surface area contributed by atoms with E-state index in [1.165, 1.54) is 57.8 Å². The summed E-state index contributed by atoms with van der Waals surface area (Å²) in [4.78, 5) is 0. The molecule has 0 aromatic carbocycles. The van der Waals surface area contributed by atoms with E-state index >= 15 is 0 Å². The first-order valence-corrected chi connectivity index (χ1v) is 10.9. The summed E-state index contributed by atoms with van der Waals surface area (Å²) < 4.78 is 0. The molecule has 0 radical (unpaired) electrons. The summed E-state index contributed by atoms with van der Waals surface area (Å²) in [7, 11) is 0. The van der Waals surface area contributed by atoms with Crippen molar-refractivity contribution in [3.63, 3.8) is 0 Å². The van der Waals surface area contributed by atoms with Crippen LogP contribution in [0.5, 0.6) is 0 Å². The lowest BCUT2D eigenvalue weighted by molar-refractivity contribution is -0.147. The van der Waals surface area contributed by atoms with E-state index < -0.39 is 0 Å². The van der Waals surface area contributed by atoms with Gasteiger partial charge in [-0.3, -0.25) is 0 Å². The molecule has 2 nitrogen and oxygen atoms in total. The molecule has 0 aliphatic heterocycles. The topological polar surface area (TPSA) is 40.5 Å². The molecule has 5 rings (SSSR count). The molecule has 2 heteroatoms. The molecular formula is C22H36O2. The molecule has 0 heterocycles. The van der Waals surface area contributed by atoms with E-state index in [2.05, 4.69) is 6.92 Å². The zero-order valence-corrected chi connectivity index (χ0v) is 15.4. The zero-order chi connectivity index (χ0) is 16.5. The predicted molar refractivity (Wildman–Crippen MR) is 95.4 cm³/mol. The van der Waals surface area contributed by atoms with Crippen molar-refractivity contribution in [3.8, 4) is 0 Å². The third kappa shape index (κ3) is 2.02. The van der Waals surface area contributed by atoms with Crippen LogP contribution in [0, 0.1) is 40.4 Å². The average molecular weight is 333 g/mol. The van der Waals surface area contributed by atoms with E-state index in [0.717, 1.165) is 42.9 Å². The Morgan fingerprint density at radius 2 is 1.58 bits per heavy atom. The summed E-state index contributed by atoms with van der Waals surface area (Å²) in [6, 6.07) is 0. The number of aliphatic hydroxyl groups excluding tert-OH is 2. The van der Waals surface area contributed by atoms with Gasteiger partial charge in [0.15, 0.2) is 0 Å². The molecule has 0 aromatic heterocycles. The normalized spacial score (nSPS) is 59.9. The van der Waals surface area contributed by atoms with Crippen molar-refractivity contribution in [1.82, 2.24) is 0 Å². The van der Waals surface area contributed by atoms with Crippen molar-refractivity contribution in [2.75, 3.05) is 0 Å². The van der Waals surface area contributed by atoms with Crippen molar-refractivity contribution in [2.24, 2.45) is 40.4 Å². The van der Waals surface area contributed by atoms with Gasteiger partial charge in [0.1, 0.15) is 0 Å². The summed E-state index contributed by atoms with van der Waals surface area (Å²) >= 11 is 0. The van der Waals surface area contributed by atoms with E-state index in [0.29, 0.717) is 16.7 Å². The fraction of sp³-hybridized carbons (Fsp3) is 1.00. The Bertz CT molecular complexity index is 504. The first kappa shape index (κ1) is 16.1. The molecule has 5 saturated carbocycles. The van der Waals surface area contributed by atoms with Crippen LogP contribution in [0.1, 0.15) is 84.0 Å². The highest BCUT2D eigenvalue weighted by molar-refractivity contribution is 5.12. The van der Waals surface area contributed by atoms with Gasteiger partial charge in [-0.2, -0.15) is 0 Å². The zero-order valence-electron chi connectivity index (χ0n) is 15.4. The van der Waals surface area contributed by atoms with Crippen molar-refractivity contribution in [1.29, 1.82) is 0 Å². The standard InChI is InChI=1S/C22H36O2/c1-21-11-8-15(23)13-14(21)4-5-16-17(21)9-12-22-10-2-3-20(24)19(22)7-6-18(16)22/h14-20,23-24H,2-13H2,1H3/t14-,15+,16?,17?,18?,19?,20?,21-,22-/m0/s1. The predicted octanol–water partition coefficient (Wildman–Crippen LogP) is 4.53. The lowest BCUT2D eigenvalue weighted by atomic mass is 9.43. The molecule has 5 unspecified atom stereocenters. The summed E-state index contributed by atoms with van der Waals surface area (Å²) in [5.41, 5.74) is 1.01. The molecule has 1 spiro atoms. The fourth-order valence-corrected chi connectivity index (χ4v) is 9.00. The Balaban J connectivity index is 1.45. The van der Waals surface area contributed by atoms with Crippen molar-refractivity contribution >= 4 is 0 Å². The quantitative estimate of drug-likeness (QED) is 0.684. The second-order valence-electron chi connectivity index (χ2n) is 10.5. The van der Waals surface area contributed by atoms with Gasteiger partial charge in [-0.05, 0) is 111 Å². The van der Waals surface area contributed by atoms with E-state index in [1.807, 2.05) is 0 Å². The minimum Gasteiger partial charge on any atom is -0.393 e. The number of hydrogen-bond donors (Lipinski definition) is 2. The van der Waals surface area contributed by atoms with E-state index in [4.69, 9.17) is 0 Å². The van der Waals surface area contributed by atoms with E-state index in [1.54, 1.807) is 0 Å². The third-order valence-corrected chi connectivity index (χ3v) is 10.0. The molecule has 9 atom stereocenters. The van der Waals surface area contributed by atoms with Crippen molar-refractivity contribution in [3.05, 3.63) is 0 Å². The SMILES string of the molecule is C[C@]12CC[C@@H](O)C[C@@H]1CCC1C3CCC4C(O)CCC[C@@]43CCC12. The molecule has 24 heavy (non-hydrogen) atoms. The van der Waals surface area contributed by atoms with Crippen molar-refractivity contribution < 1.29 is 10.2 Å². The second-order valence-corrected chi connectivity index (χ2v) is 10.5. The first-order chi connectivity index (χ1) is 11.5. The second kappa shape index (κ2) is 5.46. The average Bonchev–Trinajstić information content (AvgIpc) is 2.96. The van der Waals surface area contributed by atoms with Crippen LogP contribution in [-0.4, -0.2) is 22.4 Å². The highest BCUT2D eigenvalue weighted by Gasteiger charge is 2.62. The Morgan fingerprint density at radius 3 is 2.46 bits per heavy atom. The van der Waals surface area contributed by atoms with Crippen LogP contribution in [0.15, 0.2) is 0 Å². The molecule has 2 N–H and O–H groups in total. The highest BCUT2D eigenvalue weighted by atomic mass is 16.3. The highest BCUT2D eigenvalue weighted by Crippen LogP contribution is 2.70. The van der Waals surface area contributed by atoms with Crippen LogP contribution in [-0.2, 0) is 0 Å². The van der Waals surface area contributed by atoms with Crippen LogP contribution < -0.4 is 0 Å². The summed E-state index contributed by atoms with van der Waals surface area (Å²) in [5.74, 6) is 4.12. The molecule has 5 aliphatic rings. The third-order valence-electron chi connectivity index (χ3n) is 10.0. The van der Waals surface area contributed by atoms with Gasteiger partial charge in [0, 0.05) is 0 Å². The summed E-state index contributed by atoms with van der Waals surface area (Å²) in [5, 5.41) is 20.8. The number of hydrogen-bond acceptors (Lipinski definition) is 2. The lowest BCUT2D eigenvalue weighted by Crippen LogP contribution is -2.55. The van der Waals surface area contributed by atoms with Gasteiger partial charge in [0.25, 0.3) is 0 Å².